The molecule has 0 aliphatic carbocycles. The van der Waals surface area contributed by atoms with Gasteiger partial charge in [-0.15, -0.1) is 0 Å². The van der Waals surface area contributed by atoms with Gasteiger partial charge in [0.1, 0.15) is 11.5 Å². The molecule has 4 nitrogen and oxygen atoms in total. The van der Waals surface area contributed by atoms with Crippen molar-refractivity contribution < 1.29 is 14.3 Å². The van der Waals surface area contributed by atoms with Crippen molar-refractivity contribution in [1.82, 2.24) is 0 Å². The Balaban J connectivity index is 1.51. The Labute approximate surface area is 231 Å². The van der Waals surface area contributed by atoms with E-state index in [-0.39, 0.29) is 22.6 Å². The van der Waals surface area contributed by atoms with Crippen molar-refractivity contribution in [2.24, 2.45) is 5.41 Å². The van der Waals surface area contributed by atoms with Crippen LogP contribution in [-0.4, -0.2) is 11.8 Å². The molecule has 200 valence electrons. The highest BCUT2D eigenvalue weighted by Gasteiger charge is 2.36. The lowest BCUT2D eigenvalue weighted by Crippen LogP contribution is -2.41. The molecule has 0 fully saturated rings. The molecule has 4 aromatic rings. The predicted octanol–water partition coefficient (Wildman–Crippen LogP) is 9.07. The average molecular weight is 520 g/mol. The Hall–Kier alpha value is -3.92. The standard InChI is InChI=1S/C35H37NO3/c1-21-18-22(2)31(23(3)19-21)36-32(37)27-11-9-10-26-29(17-16-28(30(26)27)33(36)38)39-25-14-12-24(13-15-25)35(7,8)20-34(4,5)6/h9-19H,20H2,1-8H3. The van der Waals surface area contributed by atoms with Gasteiger partial charge in [0.2, 0.25) is 0 Å². The lowest BCUT2D eigenvalue weighted by Gasteiger charge is -2.33. The van der Waals surface area contributed by atoms with Gasteiger partial charge >= 0.3 is 0 Å². The minimum Gasteiger partial charge on any atom is -0.457 e. The van der Waals surface area contributed by atoms with Crippen LogP contribution in [0.5, 0.6) is 11.5 Å². The zero-order valence-corrected chi connectivity index (χ0v) is 24.2. The van der Waals surface area contributed by atoms with Gasteiger partial charge in [0.05, 0.1) is 5.69 Å². The molecule has 0 saturated carbocycles. The lowest BCUT2D eigenvalue weighted by molar-refractivity contribution is 0.0893. The summed E-state index contributed by atoms with van der Waals surface area (Å²) < 4.78 is 6.34. The molecular formula is C35H37NO3. The number of hydrogen-bond acceptors (Lipinski definition) is 3. The first-order valence-corrected chi connectivity index (χ1v) is 13.6. The molecule has 0 saturated heterocycles. The van der Waals surface area contributed by atoms with E-state index in [1.165, 1.54) is 10.5 Å². The molecule has 1 aliphatic rings. The maximum Gasteiger partial charge on any atom is 0.266 e. The molecule has 5 rings (SSSR count). The van der Waals surface area contributed by atoms with Crippen LogP contribution in [0.1, 0.15) is 84.0 Å². The summed E-state index contributed by atoms with van der Waals surface area (Å²) in [6.45, 7) is 17.2. The molecule has 0 N–H and O–H groups in total. The highest BCUT2D eigenvalue weighted by Crippen LogP contribution is 2.41. The molecule has 0 spiro atoms. The van der Waals surface area contributed by atoms with E-state index in [4.69, 9.17) is 4.74 Å². The molecule has 0 bridgehead atoms. The van der Waals surface area contributed by atoms with Crippen LogP contribution in [0.25, 0.3) is 10.8 Å². The fraction of sp³-hybridized carbons (Fsp3) is 0.314. The second kappa shape index (κ2) is 9.37. The van der Waals surface area contributed by atoms with Crippen LogP contribution in [0, 0.1) is 26.2 Å². The molecule has 0 aromatic heterocycles. The van der Waals surface area contributed by atoms with Crippen molar-refractivity contribution in [3.8, 4) is 11.5 Å². The van der Waals surface area contributed by atoms with Gasteiger partial charge in [0.25, 0.3) is 11.8 Å². The van der Waals surface area contributed by atoms with Gasteiger partial charge in [0, 0.05) is 21.9 Å². The number of benzene rings is 4. The molecular weight excluding hydrogens is 482 g/mol. The Kier molecular flexibility index (Phi) is 6.41. The number of carbonyl (C=O) groups is 2. The largest absolute Gasteiger partial charge is 0.457 e. The van der Waals surface area contributed by atoms with Gasteiger partial charge in [-0.3, -0.25) is 9.59 Å². The normalized spacial score (nSPS) is 13.8. The number of imide groups is 1. The monoisotopic (exact) mass is 519 g/mol. The predicted molar refractivity (Wildman–Crippen MR) is 159 cm³/mol. The van der Waals surface area contributed by atoms with Gasteiger partial charge in [0.15, 0.2) is 0 Å². The first-order chi connectivity index (χ1) is 18.3. The highest BCUT2D eigenvalue weighted by atomic mass is 16.5. The maximum atomic E-state index is 13.8. The quantitative estimate of drug-likeness (QED) is 0.247. The van der Waals surface area contributed by atoms with E-state index in [0.29, 0.717) is 33.7 Å². The lowest BCUT2D eigenvalue weighted by atomic mass is 9.72. The van der Waals surface area contributed by atoms with E-state index in [1.54, 1.807) is 12.1 Å². The van der Waals surface area contributed by atoms with Gasteiger partial charge in [-0.1, -0.05) is 76.6 Å². The Morgan fingerprint density at radius 3 is 1.92 bits per heavy atom. The van der Waals surface area contributed by atoms with Crippen LogP contribution >= 0.6 is 0 Å². The molecule has 1 heterocycles. The first-order valence-electron chi connectivity index (χ1n) is 13.6. The summed E-state index contributed by atoms with van der Waals surface area (Å²) in [7, 11) is 0. The van der Waals surface area contributed by atoms with Crippen LogP contribution in [0.2, 0.25) is 0 Å². The molecule has 0 atom stereocenters. The highest BCUT2D eigenvalue weighted by molar-refractivity contribution is 6.36. The fourth-order valence-electron chi connectivity index (χ4n) is 6.42. The van der Waals surface area contributed by atoms with Crippen molar-refractivity contribution in [3.63, 3.8) is 0 Å². The molecule has 1 aliphatic heterocycles. The van der Waals surface area contributed by atoms with E-state index in [1.807, 2.05) is 63.2 Å². The molecule has 2 amide bonds. The van der Waals surface area contributed by atoms with Crippen LogP contribution in [0.15, 0.2) is 66.7 Å². The number of rotatable bonds is 5. The second-order valence-electron chi connectivity index (χ2n) is 12.8. The van der Waals surface area contributed by atoms with Crippen molar-refractivity contribution >= 4 is 28.3 Å². The zero-order valence-electron chi connectivity index (χ0n) is 24.2. The molecule has 4 heteroatoms. The SMILES string of the molecule is Cc1cc(C)c(N2C(=O)c3cccc4c(Oc5ccc(C(C)(C)CC(C)(C)C)cc5)ccc(c34)C2=O)c(C)c1. The summed E-state index contributed by atoms with van der Waals surface area (Å²) in [5.74, 6) is 0.715. The number of anilines is 1. The molecule has 4 aromatic carbocycles. The number of hydrogen-bond donors (Lipinski definition) is 0. The van der Waals surface area contributed by atoms with Gasteiger partial charge in [-0.05, 0) is 85.0 Å². The van der Waals surface area contributed by atoms with Crippen LogP contribution in [0.4, 0.5) is 5.69 Å². The average Bonchev–Trinajstić information content (AvgIpc) is 2.83. The van der Waals surface area contributed by atoms with Crippen LogP contribution in [-0.2, 0) is 5.41 Å². The first kappa shape index (κ1) is 26.7. The number of carbonyl (C=O) groups excluding carboxylic acids is 2. The van der Waals surface area contributed by atoms with Gasteiger partial charge in [-0.25, -0.2) is 4.90 Å². The molecule has 39 heavy (non-hydrogen) atoms. The fourth-order valence-corrected chi connectivity index (χ4v) is 6.42. The summed E-state index contributed by atoms with van der Waals surface area (Å²) in [5.41, 5.74) is 6.10. The van der Waals surface area contributed by atoms with Crippen LogP contribution in [0.3, 0.4) is 0 Å². The third kappa shape index (κ3) is 4.85. The number of aryl methyl sites for hydroxylation is 3. The minimum atomic E-state index is -0.310. The smallest absolute Gasteiger partial charge is 0.266 e. The number of ether oxygens (including phenoxy) is 1. The van der Waals surface area contributed by atoms with Crippen molar-refractivity contribution in [2.75, 3.05) is 4.90 Å². The Bertz CT molecular complexity index is 1580. The van der Waals surface area contributed by atoms with E-state index >= 15 is 0 Å². The third-order valence-corrected chi connectivity index (χ3v) is 7.56. The van der Waals surface area contributed by atoms with E-state index in [2.05, 4.69) is 46.8 Å². The topological polar surface area (TPSA) is 46.6 Å². The number of nitrogens with zero attached hydrogens (tertiary/aromatic N) is 1. The van der Waals surface area contributed by atoms with Gasteiger partial charge < -0.3 is 4.74 Å². The summed E-state index contributed by atoms with van der Waals surface area (Å²) in [6.07, 6.45) is 1.07. The van der Waals surface area contributed by atoms with Crippen LogP contribution < -0.4 is 9.64 Å². The van der Waals surface area contributed by atoms with Gasteiger partial charge in [-0.2, -0.15) is 0 Å². The van der Waals surface area contributed by atoms with E-state index in [0.717, 1.165) is 28.5 Å². The maximum absolute atomic E-state index is 13.8. The summed E-state index contributed by atoms with van der Waals surface area (Å²) in [4.78, 5) is 28.9. The van der Waals surface area contributed by atoms with Crippen molar-refractivity contribution in [1.29, 1.82) is 0 Å². The van der Waals surface area contributed by atoms with Crippen molar-refractivity contribution in [2.45, 2.75) is 67.2 Å². The van der Waals surface area contributed by atoms with E-state index < -0.39 is 0 Å². The third-order valence-electron chi connectivity index (χ3n) is 7.56. The molecule has 0 unspecified atom stereocenters. The van der Waals surface area contributed by atoms with E-state index in [9.17, 15) is 9.59 Å². The summed E-state index contributed by atoms with van der Waals surface area (Å²) >= 11 is 0. The Morgan fingerprint density at radius 2 is 1.33 bits per heavy atom. The Morgan fingerprint density at radius 1 is 0.744 bits per heavy atom. The summed E-state index contributed by atoms with van der Waals surface area (Å²) in [6, 6.07) is 21.4. The summed E-state index contributed by atoms with van der Waals surface area (Å²) in [5, 5.41) is 1.40. The molecule has 0 radical (unpaired) electrons. The number of amides is 2. The van der Waals surface area contributed by atoms with Crippen molar-refractivity contribution in [3.05, 3.63) is 100 Å². The second-order valence-corrected chi connectivity index (χ2v) is 12.8. The minimum absolute atomic E-state index is 0.0395. The zero-order chi connectivity index (χ0) is 28.3.